The molecule has 1 N–H and O–H groups in total. The van der Waals surface area contributed by atoms with Crippen LogP contribution in [-0.2, 0) is 6.42 Å². The van der Waals surface area contributed by atoms with Crippen LogP contribution in [0.2, 0.25) is 0 Å². The summed E-state index contributed by atoms with van der Waals surface area (Å²) in [5, 5.41) is 3.59. The number of rotatable bonds is 5. The highest BCUT2D eigenvalue weighted by atomic mass is 19.1. The van der Waals surface area contributed by atoms with Gasteiger partial charge in [-0.25, -0.2) is 4.39 Å². The molecule has 94 valence electrons. The van der Waals surface area contributed by atoms with Crippen LogP contribution < -0.4 is 5.32 Å². The fourth-order valence-electron chi connectivity index (χ4n) is 2.58. The molecule has 1 aliphatic rings. The van der Waals surface area contributed by atoms with Crippen LogP contribution in [0.25, 0.3) is 0 Å². The summed E-state index contributed by atoms with van der Waals surface area (Å²) < 4.78 is 13.5. The zero-order valence-corrected chi connectivity index (χ0v) is 10.7. The van der Waals surface area contributed by atoms with Crippen molar-refractivity contribution in [1.82, 2.24) is 5.32 Å². The molecular formula is C15H22FN. The maximum Gasteiger partial charge on any atom is 0.126 e. The van der Waals surface area contributed by atoms with Gasteiger partial charge in [-0.05, 0) is 50.7 Å². The van der Waals surface area contributed by atoms with Crippen LogP contribution in [0, 0.1) is 11.7 Å². The summed E-state index contributed by atoms with van der Waals surface area (Å²) in [7, 11) is 0. The summed E-state index contributed by atoms with van der Waals surface area (Å²) in [4.78, 5) is 0. The van der Waals surface area contributed by atoms with Crippen molar-refractivity contribution in [2.75, 3.05) is 0 Å². The average molecular weight is 235 g/mol. The second-order valence-electron chi connectivity index (χ2n) is 5.34. The largest absolute Gasteiger partial charge is 0.311 e. The Bertz CT molecular complexity index is 360. The Morgan fingerprint density at radius 3 is 2.59 bits per heavy atom. The number of halogens is 1. The van der Waals surface area contributed by atoms with Gasteiger partial charge in [-0.2, -0.15) is 0 Å². The fourth-order valence-corrected chi connectivity index (χ4v) is 2.58. The lowest BCUT2D eigenvalue weighted by Crippen LogP contribution is -2.42. The minimum atomic E-state index is -0.0857. The molecule has 0 aromatic heterocycles. The third-order valence-corrected chi connectivity index (χ3v) is 3.89. The van der Waals surface area contributed by atoms with E-state index >= 15 is 0 Å². The summed E-state index contributed by atoms with van der Waals surface area (Å²) in [6, 6.07) is 7.96. The van der Waals surface area contributed by atoms with E-state index in [2.05, 4.69) is 19.2 Å². The van der Waals surface area contributed by atoms with Gasteiger partial charge < -0.3 is 5.32 Å². The molecule has 1 fully saturated rings. The number of nitrogens with one attached hydrogen (secondary N) is 1. The Balaban J connectivity index is 1.84. The lowest BCUT2D eigenvalue weighted by molar-refractivity contribution is 0.228. The van der Waals surface area contributed by atoms with Gasteiger partial charge in [0.05, 0.1) is 0 Å². The van der Waals surface area contributed by atoms with Crippen LogP contribution >= 0.6 is 0 Å². The molecule has 2 heteroatoms. The first kappa shape index (κ1) is 12.6. The Hall–Kier alpha value is -0.890. The zero-order chi connectivity index (χ0) is 12.3. The lowest BCUT2D eigenvalue weighted by Gasteiger charge is -2.34. The number of benzene rings is 1. The molecule has 0 heterocycles. The normalized spacial score (nSPS) is 19.7. The first-order valence-corrected chi connectivity index (χ1v) is 6.66. The summed E-state index contributed by atoms with van der Waals surface area (Å²) in [6.45, 7) is 4.39. The van der Waals surface area contributed by atoms with E-state index < -0.39 is 0 Å². The highest BCUT2D eigenvalue weighted by Gasteiger charge is 2.24. The van der Waals surface area contributed by atoms with Crippen molar-refractivity contribution in [2.24, 2.45) is 5.92 Å². The third-order valence-electron chi connectivity index (χ3n) is 3.89. The second kappa shape index (κ2) is 5.63. The van der Waals surface area contributed by atoms with Gasteiger partial charge in [-0.1, -0.05) is 24.6 Å². The van der Waals surface area contributed by atoms with Crippen molar-refractivity contribution in [3.8, 4) is 0 Å². The summed E-state index contributed by atoms with van der Waals surface area (Å²) in [5.41, 5.74) is 0.813. The van der Waals surface area contributed by atoms with Crippen molar-refractivity contribution in [2.45, 2.75) is 51.6 Å². The molecule has 2 rings (SSSR count). The summed E-state index contributed by atoms with van der Waals surface area (Å²) in [6.07, 6.45) is 4.84. The Morgan fingerprint density at radius 2 is 2.00 bits per heavy atom. The van der Waals surface area contributed by atoms with Gasteiger partial charge in [0.1, 0.15) is 5.82 Å². The van der Waals surface area contributed by atoms with Crippen molar-refractivity contribution in [3.63, 3.8) is 0 Å². The quantitative estimate of drug-likeness (QED) is 0.823. The van der Waals surface area contributed by atoms with E-state index in [1.165, 1.54) is 25.3 Å². The maximum atomic E-state index is 13.5. The fraction of sp³-hybridized carbons (Fsp3) is 0.600. The van der Waals surface area contributed by atoms with Gasteiger partial charge in [-0.15, -0.1) is 0 Å². The van der Waals surface area contributed by atoms with E-state index in [9.17, 15) is 4.39 Å². The molecular weight excluding hydrogens is 213 g/mol. The molecule has 17 heavy (non-hydrogen) atoms. The topological polar surface area (TPSA) is 12.0 Å². The number of hydrogen-bond acceptors (Lipinski definition) is 1. The third kappa shape index (κ3) is 3.29. The molecule has 1 aromatic rings. The summed E-state index contributed by atoms with van der Waals surface area (Å²) in [5.74, 6) is 0.746. The van der Waals surface area contributed by atoms with Gasteiger partial charge in [-0.3, -0.25) is 0 Å². The lowest BCUT2D eigenvalue weighted by atomic mass is 9.80. The smallest absolute Gasteiger partial charge is 0.126 e. The van der Waals surface area contributed by atoms with Crippen molar-refractivity contribution in [3.05, 3.63) is 35.6 Å². The molecule has 2 unspecified atom stereocenters. The van der Waals surface area contributed by atoms with Gasteiger partial charge in [0.15, 0.2) is 0 Å². The van der Waals surface area contributed by atoms with Gasteiger partial charge in [0.25, 0.3) is 0 Å². The molecule has 1 aliphatic carbocycles. The Morgan fingerprint density at radius 1 is 1.29 bits per heavy atom. The Kier molecular flexibility index (Phi) is 4.16. The molecule has 1 aromatic carbocycles. The van der Waals surface area contributed by atoms with Crippen LogP contribution in [0.3, 0.4) is 0 Å². The minimum Gasteiger partial charge on any atom is -0.311 e. The minimum absolute atomic E-state index is 0.0857. The first-order chi connectivity index (χ1) is 8.16. The monoisotopic (exact) mass is 235 g/mol. The molecule has 0 aliphatic heterocycles. The maximum absolute atomic E-state index is 13.5. The molecule has 1 nitrogen and oxygen atoms in total. The van der Waals surface area contributed by atoms with Crippen molar-refractivity contribution >= 4 is 0 Å². The average Bonchev–Trinajstić information content (AvgIpc) is 2.18. The molecule has 0 amide bonds. The molecule has 0 radical (unpaired) electrons. The SMILES string of the molecule is CC(Cc1ccccc1F)NC(C)C1CCC1. The van der Waals surface area contributed by atoms with E-state index in [1.54, 1.807) is 6.07 Å². The van der Waals surface area contributed by atoms with E-state index in [4.69, 9.17) is 0 Å². The zero-order valence-electron chi connectivity index (χ0n) is 10.7. The number of hydrogen-bond donors (Lipinski definition) is 1. The predicted octanol–water partition coefficient (Wildman–Crippen LogP) is 3.53. The van der Waals surface area contributed by atoms with Crippen LogP contribution in [0.15, 0.2) is 24.3 Å². The van der Waals surface area contributed by atoms with E-state index in [0.717, 1.165) is 17.9 Å². The summed E-state index contributed by atoms with van der Waals surface area (Å²) >= 11 is 0. The van der Waals surface area contributed by atoms with E-state index in [0.29, 0.717) is 12.1 Å². The molecule has 0 bridgehead atoms. The molecule has 2 atom stereocenters. The highest BCUT2D eigenvalue weighted by molar-refractivity contribution is 5.18. The van der Waals surface area contributed by atoms with Crippen LogP contribution in [0.1, 0.15) is 38.7 Å². The molecule has 0 saturated heterocycles. The van der Waals surface area contributed by atoms with Gasteiger partial charge >= 0.3 is 0 Å². The first-order valence-electron chi connectivity index (χ1n) is 6.66. The van der Waals surface area contributed by atoms with Crippen molar-refractivity contribution < 1.29 is 4.39 Å². The molecule has 0 spiro atoms. The Labute approximate surface area is 103 Å². The van der Waals surface area contributed by atoms with Gasteiger partial charge in [0.2, 0.25) is 0 Å². The molecule has 1 saturated carbocycles. The van der Waals surface area contributed by atoms with Gasteiger partial charge in [0, 0.05) is 12.1 Å². The van der Waals surface area contributed by atoms with Crippen LogP contribution in [0.4, 0.5) is 4.39 Å². The second-order valence-corrected chi connectivity index (χ2v) is 5.34. The van der Waals surface area contributed by atoms with Crippen LogP contribution in [0.5, 0.6) is 0 Å². The predicted molar refractivity (Wildman–Crippen MR) is 69.5 cm³/mol. The van der Waals surface area contributed by atoms with E-state index in [-0.39, 0.29) is 5.82 Å². The highest BCUT2D eigenvalue weighted by Crippen LogP contribution is 2.29. The standard InChI is InChI=1S/C15H22FN/c1-11(17-12(2)13-7-5-8-13)10-14-6-3-4-9-15(14)16/h3-4,6,9,11-13,17H,5,7-8,10H2,1-2H3. The van der Waals surface area contributed by atoms with Crippen molar-refractivity contribution in [1.29, 1.82) is 0 Å². The van der Waals surface area contributed by atoms with Crippen LogP contribution in [-0.4, -0.2) is 12.1 Å². The van der Waals surface area contributed by atoms with E-state index in [1.807, 2.05) is 12.1 Å².